The van der Waals surface area contributed by atoms with Gasteiger partial charge in [-0.15, -0.1) is 0 Å². The van der Waals surface area contributed by atoms with E-state index in [1.807, 2.05) is 11.8 Å². The van der Waals surface area contributed by atoms with Gasteiger partial charge in [0.05, 0.1) is 10.9 Å². The number of hydrogen-bond acceptors (Lipinski definition) is 2. The van der Waals surface area contributed by atoms with Crippen LogP contribution in [-0.4, -0.2) is 4.98 Å². The predicted molar refractivity (Wildman–Crippen MR) is 159 cm³/mol. The maximum Gasteiger partial charge on any atom is 0.222 e. The molecule has 0 unspecified atom stereocenters. The molecule has 3 aromatic carbocycles. The first-order chi connectivity index (χ1) is 17.4. The van der Waals surface area contributed by atoms with Crippen molar-refractivity contribution in [2.75, 3.05) is 0 Å². The highest BCUT2D eigenvalue weighted by Crippen LogP contribution is 2.54. The fourth-order valence-corrected chi connectivity index (χ4v) is 7.51. The molecule has 0 bridgehead atoms. The first kappa shape index (κ1) is 24.4. The molecular weight excluding hydrogens is 468 g/mol. The van der Waals surface area contributed by atoms with Crippen molar-refractivity contribution in [1.82, 2.24) is 4.98 Å². The fraction of sp³-hybridized carbons (Fsp3) is 0.353. The van der Waals surface area contributed by atoms with Gasteiger partial charge in [0.2, 0.25) is 5.69 Å². The lowest BCUT2D eigenvalue weighted by molar-refractivity contribution is -0.659. The number of nitrogens with zero attached hydrogens (tertiary/aromatic N) is 2. The van der Waals surface area contributed by atoms with Crippen LogP contribution in [0.25, 0.3) is 43.6 Å². The SMILES string of the molecule is Cc1c2c(c(CC(C)(C)C)c3ccccc13)Sc1c3cnc(CC(C)(C)C)cc3cc3cc[n+](C)c-2c13. The molecule has 0 saturated carbocycles. The van der Waals surface area contributed by atoms with Crippen molar-refractivity contribution in [2.24, 2.45) is 17.9 Å². The standard InChI is InChI=1S/C34H37N2S/c1-20-24-11-9-10-12-25(24)26(18-34(5,6)7)31-28(20)30-29-21(13-14-36(30)8)15-22-16-23(17-33(2,3)4)35-19-27(22)32(29)37-31/h9-16,19H,17-18H2,1-8H3/q+1. The van der Waals surface area contributed by atoms with E-state index >= 15 is 0 Å². The summed E-state index contributed by atoms with van der Waals surface area (Å²) in [7, 11) is 2.20. The lowest BCUT2D eigenvalue weighted by atomic mass is 9.83. The highest BCUT2D eigenvalue weighted by Gasteiger charge is 2.33. The maximum atomic E-state index is 4.97. The van der Waals surface area contributed by atoms with Gasteiger partial charge in [0, 0.05) is 33.1 Å². The van der Waals surface area contributed by atoms with Gasteiger partial charge < -0.3 is 0 Å². The number of rotatable bonds is 2. The molecule has 0 fully saturated rings. The largest absolute Gasteiger partial charge is 0.261 e. The fourth-order valence-electron chi connectivity index (χ4n) is 6.05. The van der Waals surface area contributed by atoms with E-state index in [-0.39, 0.29) is 10.8 Å². The third-order valence-electron chi connectivity index (χ3n) is 7.52. The Morgan fingerprint density at radius 3 is 2.22 bits per heavy atom. The van der Waals surface area contributed by atoms with Crippen molar-refractivity contribution in [3.63, 3.8) is 0 Å². The Morgan fingerprint density at radius 2 is 1.51 bits per heavy atom. The number of hydrogen-bond donors (Lipinski definition) is 0. The molecule has 0 radical (unpaired) electrons. The van der Waals surface area contributed by atoms with Crippen LogP contribution in [0.4, 0.5) is 0 Å². The number of aromatic nitrogens is 2. The molecule has 188 valence electrons. The minimum atomic E-state index is 0.184. The Morgan fingerprint density at radius 1 is 0.811 bits per heavy atom. The molecule has 0 N–H and O–H groups in total. The third-order valence-corrected chi connectivity index (χ3v) is 8.81. The van der Waals surface area contributed by atoms with Gasteiger partial charge in [-0.1, -0.05) is 77.6 Å². The summed E-state index contributed by atoms with van der Waals surface area (Å²) in [6, 6.07) is 16.0. The Balaban J connectivity index is 1.72. The minimum absolute atomic E-state index is 0.184. The van der Waals surface area contributed by atoms with Gasteiger partial charge in [0.25, 0.3) is 0 Å². The van der Waals surface area contributed by atoms with Crippen molar-refractivity contribution >= 4 is 44.1 Å². The Kier molecular flexibility index (Phi) is 5.48. The monoisotopic (exact) mass is 505 g/mol. The highest BCUT2D eigenvalue weighted by atomic mass is 32.2. The van der Waals surface area contributed by atoms with E-state index in [9.17, 15) is 0 Å². The number of pyridine rings is 2. The molecule has 0 saturated heterocycles. The molecule has 0 amide bonds. The quantitative estimate of drug-likeness (QED) is 0.172. The summed E-state index contributed by atoms with van der Waals surface area (Å²) in [5.41, 5.74) is 7.16. The summed E-state index contributed by atoms with van der Waals surface area (Å²) in [6.45, 7) is 16.2. The van der Waals surface area contributed by atoms with Crippen LogP contribution in [0.5, 0.6) is 0 Å². The highest BCUT2D eigenvalue weighted by molar-refractivity contribution is 8.00. The van der Waals surface area contributed by atoms with Crippen molar-refractivity contribution in [3.05, 3.63) is 71.7 Å². The molecule has 3 heteroatoms. The second-order valence-electron chi connectivity index (χ2n) is 13.3. The van der Waals surface area contributed by atoms with Gasteiger partial charge >= 0.3 is 0 Å². The zero-order chi connectivity index (χ0) is 26.3. The summed E-state index contributed by atoms with van der Waals surface area (Å²) in [4.78, 5) is 7.75. The van der Waals surface area contributed by atoms with Crippen LogP contribution >= 0.6 is 11.8 Å². The van der Waals surface area contributed by atoms with E-state index < -0.39 is 0 Å². The molecule has 2 aromatic heterocycles. The van der Waals surface area contributed by atoms with Crippen molar-refractivity contribution < 1.29 is 4.57 Å². The van der Waals surface area contributed by atoms with Crippen molar-refractivity contribution in [1.29, 1.82) is 0 Å². The molecule has 1 aliphatic heterocycles. The second-order valence-corrected chi connectivity index (χ2v) is 14.3. The van der Waals surface area contributed by atoms with E-state index in [1.54, 1.807) is 0 Å². The van der Waals surface area contributed by atoms with Crippen LogP contribution in [0, 0.1) is 17.8 Å². The van der Waals surface area contributed by atoms with E-state index in [0.29, 0.717) is 0 Å². The van der Waals surface area contributed by atoms with Crippen LogP contribution in [0.15, 0.2) is 64.6 Å². The lowest BCUT2D eigenvalue weighted by Gasteiger charge is -2.28. The molecule has 3 heterocycles. The molecule has 0 spiro atoms. The van der Waals surface area contributed by atoms with E-state index in [1.165, 1.54) is 70.2 Å². The van der Waals surface area contributed by atoms with Crippen LogP contribution in [0.2, 0.25) is 0 Å². The predicted octanol–water partition coefficient (Wildman–Crippen LogP) is 8.98. The third kappa shape index (κ3) is 4.12. The molecule has 5 aromatic rings. The van der Waals surface area contributed by atoms with Crippen LogP contribution < -0.4 is 4.57 Å². The smallest absolute Gasteiger partial charge is 0.222 e. The molecule has 1 aliphatic rings. The molecule has 2 nitrogen and oxygen atoms in total. The molecular formula is C34H37N2S+. The van der Waals surface area contributed by atoms with Crippen LogP contribution in [-0.2, 0) is 19.9 Å². The van der Waals surface area contributed by atoms with Crippen LogP contribution in [0.1, 0.15) is 58.4 Å². The number of aryl methyl sites for hydroxylation is 2. The average Bonchev–Trinajstić information content (AvgIpc) is 2.81. The average molecular weight is 506 g/mol. The summed E-state index contributed by atoms with van der Waals surface area (Å²) in [5.74, 6) is 0. The summed E-state index contributed by atoms with van der Waals surface area (Å²) < 4.78 is 2.33. The normalized spacial score (nSPS) is 13.5. The first-order valence-corrected chi connectivity index (χ1v) is 14.2. The van der Waals surface area contributed by atoms with E-state index in [0.717, 1.165) is 12.8 Å². The topological polar surface area (TPSA) is 16.8 Å². The van der Waals surface area contributed by atoms with E-state index in [2.05, 4.69) is 115 Å². The Bertz CT molecular complexity index is 1730. The van der Waals surface area contributed by atoms with Gasteiger partial charge in [-0.3, -0.25) is 4.98 Å². The zero-order valence-electron chi connectivity index (χ0n) is 23.4. The van der Waals surface area contributed by atoms with Crippen molar-refractivity contribution in [2.45, 2.75) is 71.1 Å². The lowest BCUT2D eigenvalue weighted by Crippen LogP contribution is -2.32. The van der Waals surface area contributed by atoms with E-state index in [4.69, 9.17) is 4.98 Å². The molecule has 37 heavy (non-hydrogen) atoms. The molecule has 6 rings (SSSR count). The van der Waals surface area contributed by atoms with Crippen LogP contribution in [0.3, 0.4) is 0 Å². The van der Waals surface area contributed by atoms with Gasteiger partial charge in [-0.05, 0) is 75.4 Å². The number of benzene rings is 3. The Labute approximate surface area is 225 Å². The molecule has 0 aliphatic carbocycles. The Hall–Kier alpha value is -2.91. The van der Waals surface area contributed by atoms with Gasteiger partial charge in [0.1, 0.15) is 7.05 Å². The minimum Gasteiger partial charge on any atom is -0.261 e. The summed E-state index contributed by atoms with van der Waals surface area (Å²) >= 11 is 1.98. The maximum absolute atomic E-state index is 4.97. The summed E-state index contributed by atoms with van der Waals surface area (Å²) in [5, 5.41) is 8.00. The second kappa shape index (κ2) is 8.30. The zero-order valence-corrected chi connectivity index (χ0v) is 24.2. The first-order valence-electron chi connectivity index (χ1n) is 13.4. The molecule has 0 atom stereocenters. The van der Waals surface area contributed by atoms with Gasteiger partial charge in [-0.25, -0.2) is 4.57 Å². The van der Waals surface area contributed by atoms with Crippen molar-refractivity contribution in [3.8, 4) is 11.3 Å². The summed E-state index contributed by atoms with van der Waals surface area (Å²) in [6.07, 6.45) is 6.39. The van der Waals surface area contributed by atoms with Gasteiger partial charge in [-0.2, -0.15) is 0 Å². The van der Waals surface area contributed by atoms with Gasteiger partial charge in [0.15, 0.2) is 6.20 Å². The number of fused-ring (bicyclic) bond motifs is 5.